The van der Waals surface area contributed by atoms with Crippen molar-refractivity contribution < 1.29 is 9.90 Å². The van der Waals surface area contributed by atoms with E-state index in [4.69, 9.17) is 0 Å². The van der Waals surface area contributed by atoms with Crippen LogP contribution in [0.15, 0.2) is 29.6 Å². The molecule has 3 nitrogen and oxygen atoms in total. The minimum atomic E-state index is -0.629. The van der Waals surface area contributed by atoms with Crippen LogP contribution in [-0.2, 0) is 11.3 Å². The maximum absolute atomic E-state index is 11.2. The lowest BCUT2D eigenvalue weighted by Gasteiger charge is -2.16. The van der Waals surface area contributed by atoms with Gasteiger partial charge in [0.05, 0.1) is 5.92 Å². The van der Waals surface area contributed by atoms with Crippen LogP contribution in [0, 0.1) is 11.8 Å². The van der Waals surface area contributed by atoms with Crippen molar-refractivity contribution in [2.75, 3.05) is 6.54 Å². The Morgan fingerprint density at radius 1 is 1.35 bits per heavy atom. The molecule has 0 aliphatic heterocycles. The van der Waals surface area contributed by atoms with E-state index in [1.165, 1.54) is 15.6 Å². The van der Waals surface area contributed by atoms with E-state index in [1.807, 2.05) is 0 Å². The van der Waals surface area contributed by atoms with Crippen molar-refractivity contribution in [2.45, 2.75) is 25.8 Å². The summed E-state index contributed by atoms with van der Waals surface area (Å²) in [6.07, 6.45) is 2.92. The molecule has 0 bridgehead atoms. The molecule has 3 rings (SSSR count). The average molecular weight is 289 g/mol. The Bertz CT molecular complexity index is 607. The van der Waals surface area contributed by atoms with E-state index in [2.05, 4.69) is 35.0 Å². The number of benzene rings is 1. The largest absolute Gasteiger partial charge is 0.481 e. The van der Waals surface area contributed by atoms with Gasteiger partial charge in [-0.1, -0.05) is 24.6 Å². The number of hydrogen-bond donors (Lipinski definition) is 2. The van der Waals surface area contributed by atoms with Crippen molar-refractivity contribution in [1.29, 1.82) is 0 Å². The molecule has 1 aliphatic carbocycles. The number of nitrogens with one attached hydrogen (secondary N) is 1. The third-order valence-electron chi connectivity index (χ3n) is 4.26. The summed E-state index contributed by atoms with van der Waals surface area (Å²) in [5.41, 5.74) is 1.32. The molecule has 2 atom stereocenters. The van der Waals surface area contributed by atoms with Gasteiger partial charge in [-0.15, -0.1) is 11.3 Å². The summed E-state index contributed by atoms with van der Waals surface area (Å²) in [6.45, 7) is 1.63. The zero-order valence-corrected chi connectivity index (χ0v) is 12.2. The maximum Gasteiger partial charge on any atom is 0.306 e. The molecule has 2 unspecified atom stereocenters. The quantitative estimate of drug-likeness (QED) is 0.886. The summed E-state index contributed by atoms with van der Waals surface area (Å²) < 4.78 is 1.31. The molecular formula is C16H19NO2S. The third kappa shape index (κ3) is 2.72. The van der Waals surface area contributed by atoms with Crippen LogP contribution in [0.2, 0.25) is 0 Å². The van der Waals surface area contributed by atoms with Crippen LogP contribution in [0.3, 0.4) is 0 Å². The predicted octanol–water partition coefficient (Wildman–Crippen LogP) is 3.49. The minimum Gasteiger partial charge on any atom is -0.481 e. The van der Waals surface area contributed by atoms with Gasteiger partial charge in [0.25, 0.3) is 0 Å². The van der Waals surface area contributed by atoms with Crippen molar-refractivity contribution in [3.05, 3.63) is 35.2 Å². The van der Waals surface area contributed by atoms with E-state index in [-0.39, 0.29) is 11.8 Å². The Kier molecular flexibility index (Phi) is 4.03. The summed E-state index contributed by atoms with van der Waals surface area (Å²) in [6, 6.07) is 8.42. The zero-order valence-electron chi connectivity index (χ0n) is 11.3. The van der Waals surface area contributed by atoms with E-state index in [0.29, 0.717) is 0 Å². The number of carboxylic acids is 1. The Morgan fingerprint density at radius 3 is 3.05 bits per heavy atom. The number of carboxylic acid groups (broad SMARTS) is 1. The standard InChI is InChI=1S/C16H19NO2S/c18-16(19)14-6-3-4-11(14)8-17-9-12-10-20-15-7-2-1-5-13(12)15/h1-2,5,7,10-11,14,17H,3-4,6,8-9H2,(H,18,19). The van der Waals surface area contributed by atoms with Crippen LogP contribution in [0.1, 0.15) is 24.8 Å². The summed E-state index contributed by atoms with van der Waals surface area (Å²) >= 11 is 1.77. The summed E-state index contributed by atoms with van der Waals surface area (Å²) in [5, 5.41) is 16.1. The second kappa shape index (κ2) is 5.94. The number of thiophene rings is 1. The number of fused-ring (bicyclic) bond motifs is 1. The number of hydrogen-bond acceptors (Lipinski definition) is 3. The Hall–Kier alpha value is -1.39. The fourth-order valence-electron chi connectivity index (χ4n) is 3.17. The van der Waals surface area contributed by atoms with Crippen molar-refractivity contribution in [1.82, 2.24) is 5.32 Å². The first-order chi connectivity index (χ1) is 9.75. The topological polar surface area (TPSA) is 49.3 Å². The van der Waals surface area contributed by atoms with Gasteiger partial charge in [-0.25, -0.2) is 0 Å². The highest BCUT2D eigenvalue weighted by Crippen LogP contribution is 2.31. The van der Waals surface area contributed by atoms with Crippen LogP contribution in [-0.4, -0.2) is 17.6 Å². The van der Waals surface area contributed by atoms with Gasteiger partial charge in [0.2, 0.25) is 0 Å². The molecular weight excluding hydrogens is 270 g/mol. The van der Waals surface area contributed by atoms with E-state index >= 15 is 0 Å². The van der Waals surface area contributed by atoms with Gasteiger partial charge in [0.15, 0.2) is 0 Å². The predicted molar refractivity (Wildman–Crippen MR) is 82.0 cm³/mol. The minimum absolute atomic E-state index is 0.151. The van der Waals surface area contributed by atoms with E-state index in [1.54, 1.807) is 11.3 Å². The lowest BCUT2D eigenvalue weighted by Crippen LogP contribution is -2.28. The van der Waals surface area contributed by atoms with Crippen molar-refractivity contribution in [3.63, 3.8) is 0 Å². The molecule has 0 spiro atoms. The third-order valence-corrected chi connectivity index (χ3v) is 5.27. The molecule has 0 amide bonds. The Morgan fingerprint density at radius 2 is 2.20 bits per heavy atom. The molecule has 20 heavy (non-hydrogen) atoms. The monoisotopic (exact) mass is 289 g/mol. The van der Waals surface area contributed by atoms with Gasteiger partial charge in [-0.2, -0.15) is 0 Å². The van der Waals surface area contributed by atoms with Gasteiger partial charge in [-0.05, 0) is 47.7 Å². The van der Waals surface area contributed by atoms with Gasteiger partial charge in [0.1, 0.15) is 0 Å². The summed E-state index contributed by atoms with van der Waals surface area (Å²) in [7, 11) is 0. The smallest absolute Gasteiger partial charge is 0.306 e. The number of aliphatic carboxylic acids is 1. The molecule has 1 heterocycles. The molecule has 0 saturated heterocycles. The first-order valence-corrected chi connectivity index (χ1v) is 8.02. The number of rotatable bonds is 5. The number of carbonyl (C=O) groups is 1. The first-order valence-electron chi connectivity index (χ1n) is 7.14. The van der Waals surface area contributed by atoms with Gasteiger partial charge in [-0.3, -0.25) is 4.79 Å². The van der Waals surface area contributed by atoms with Crippen molar-refractivity contribution >= 4 is 27.4 Å². The van der Waals surface area contributed by atoms with Gasteiger partial charge in [0, 0.05) is 11.2 Å². The zero-order chi connectivity index (χ0) is 13.9. The molecule has 4 heteroatoms. The Balaban J connectivity index is 1.59. The molecule has 1 aromatic carbocycles. The van der Waals surface area contributed by atoms with Crippen LogP contribution >= 0.6 is 11.3 Å². The molecule has 2 N–H and O–H groups in total. The lowest BCUT2D eigenvalue weighted by atomic mass is 9.96. The van der Waals surface area contributed by atoms with Crippen LogP contribution in [0.4, 0.5) is 0 Å². The van der Waals surface area contributed by atoms with Crippen molar-refractivity contribution in [2.24, 2.45) is 11.8 Å². The Labute approximate surface area is 122 Å². The summed E-state index contributed by atoms with van der Waals surface area (Å²) in [4.78, 5) is 11.2. The fourth-order valence-corrected chi connectivity index (χ4v) is 4.13. The molecule has 1 fully saturated rings. The average Bonchev–Trinajstić information content (AvgIpc) is 3.06. The van der Waals surface area contributed by atoms with Crippen LogP contribution < -0.4 is 5.32 Å². The highest BCUT2D eigenvalue weighted by atomic mass is 32.1. The van der Waals surface area contributed by atoms with Crippen LogP contribution in [0.25, 0.3) is 10.1 Å². The lowest BCUT2D eigenvalue weighted by molar-refractivity contribution is -0.142. The molecule has 1 saturated carbocycles. The fraction of sp³-hybridized carbons (Fsp3) is 0.438. The highest BCUT2D eigenvalue weighted by Gasteiger charge is 2.32. The first kappa shape index (κ1) is 13.6. The van der Waals surface area contributed by atoms with Gasteiger partial charge >= 0.3 is 5.97 Å². The maximum atomic E-state index is 11.2. The molecule has 0 radical (unpaired) electrons. The normalized spacial score (nSPS) is 22.4. The van der Waals surface area contributed by atoms with Crippen molar-refractivity contribution in [3.8, 4) is 0 Å². The second-order valence-electron chi connectivity index (χ2n) is 5.52. The summed E-state index contributed by atoms with van der Waals surface area (Å²) in [5.74, 6) is -0.491. The molecule has 1 aromatic heterocycles. The van der Waals surface area contributed by atoms with E-state index in [0.717, 1.165) is 32.4 Å². The van der Waals surface area contributed by atoms with E-state index in [9.17, 15) is 9.90 Å². The SMILES string of the molecule is O=C(O)C1CCCC1CNCc1csc2ccccc12. The van der Waals surface area contributed by atoms with E-state index < -0.39 is 5.97 Å². The molecule has 2 aromatic rings. The highest BCUT2D eigenvalue weighted by molar-refractivity contribution is 7.17. The molecule has 1 aliphatic rings. The van der Waals surface area contributed by atoms with Crippen LogP contribution in [0.5, 0.6) is 0 Å². The molecule has 106 valence electrons. The van der Waals surface area contributed by atoms with Gasteiger partial charge < -0.3 is 10.4 Å². The second-order valence-corrected chi connectivity index (χ2v) is 6.43.